The Bertz CT molecular complexity index is 569. The molecule has 2 rings (SSSR count). The van der Waals surface area contributed by atoms with E-state index in [4.69, 9.17) is 0 Å². The Morgan fingerprint density at radius 2 is 2.11 bits per heavy atom. The summed E-state index contributed by atoms with van der Waals surface area (Å²) in [5.41, 5.74) is 2.15. The van der Waals surface area contributed by atoms with Crippen molar-refractivity contribution in [2.24, 2.45) is 0 Å². The summed E-state index contributed by atoms with van der Waals surface area (Å²) in [6.07, 6.45) is 0.605. The Labute approximate surface area is 113 Å². The van der Waals surface area contributed by atoms with Gasteiger partial charge in [-0.1, -0.05) is 24.3 Å². The van der Waals surface area contributed by atoms with Gasteiger partial charge in [-0.3, -0.25) is 4.79 Å². The van der Waals surface area contributed by atoms with Gasteiger partial charge in [0, 0.05) is 13.1 Å². The first kappa shape index (κ1) is 14.0. The Hall–Kier alpha value is -1.40. The lowest BCUT2D eigenvalue weighted by molar-refractivity contribution is -0.121. The van der Waals surface area contributed by atoms with Crippen LogP contribution in [0.1, 0.15) is 17.5 Å². The Morgan fingerprint density at radius 3 is 2.74 bits per heavy atom. The van der Waals surface area contributed by atoms with Gasteiger partial charge in [-0.2, -0.15) is 4.31 Å². The molecule has 0 radical (unpaired) electrons. The molecule has 0 spiro atoms. The second-order valence-corrected chi connectivity index (χ2v) is 6.79. The van der Waals surface area contributed by atoms with E-state index in [0.29, 0.717) is 19.5 Å². The Morgan fingerprint density at radius 1 is 1.37 bits per heavy atom. The van der Waals surface area contributed by atoms with Crippen LogP contribution in [0.5, 0.6) is 0 Å². The van der Waals surface area contributed by atoms with E-state index in [-0.39, 0.29) is 18.2 Å². The molecule has 1 fully saturated rings. The van der Waals surface area contributed by atoms with E-state index in [0.717, 1.165) is 11.1 Å². The number of hydrogen-bond donors (Lipinski definition) is 1. The first-order chi connectivity index (χ1) is 8.99. The fourth-order valence-corrected chi connectivity index (χ4v) is 3.56. The van der Waals surface area contributed by atoms with Crippen molar-refractivity contribution in [1.29, 1.82) is 0 Å². The van der Waals surface area contributed by atoms with E-state index in [1.54, 1.807) is 0 Å². The maximum absolute atomic E-state index is 11.8. The lowest BCUT2D eigenvalue weighted by Crippen LogP contribution is -2.37. The molecule has 1 saturated heterocycles. The SMILES string of the molecule is Cc1ccccc1CNC(=O)CN1CCCS1(=O)=O. The summed E-state index contributed by atoms with van der Waals surface area (Å²) in [6, 6.07) is 7.78. The molecule has 1 amide bonds. The van der Waals surface area contributed by atoms with Crippen molar-refractivity contribution in [3.63, 3.8) is 0 Å². The highest BCUT2D eigenvalue weighted by atomic mass is 32.2. The molecule has 1 aliphatic rings. The summed E-state index contributed by atoms with van der Waals surface area (Å²) < 4.78 is 24.4. The molecule has 0 bridgehead atoms. The summed E-state index contributed by atoms with van der Waals surface area (Å²) in [5.74, 6) is -0.105. The highest BCUT2D eigenvalue weighted by Crippen LogP contribution is 2.12. The molecule has 5 nitrogen and oxygen atoms in total. The van der Waals surface area contributed by atoms with Crippen LogP contribution in [-0.2, 0) is 21.4 Å². The maximum Gasteiger partial charge on any atom is 0.235 e. The van der Waals surface area contributed by atoms with Gasteiger partial charge in [-0.05, 0) is 24.5 Å². The first-order valence-electron chi connectivity index (χ1n) is 6.28. The van der Waals surface area contributed by atoms with Crippen molar-refractivity contribution in [3.05, 3.63) is 35.4 Å². The van der Waals surface area contributed by atoms with Crippen LogP contribution in [0.25, 0.3) is 0 Å². The van der Waals surface area contributed by atoms with Crippen LogP contribution < -0.4 is 5.32 Å². The normalized spacial score (nSPS) is 18.4. The Balaban J connectivity index is 1.87. The lowest BCUT2D eigenvalue weighted by Gasteiger charge is -2.14. The molecular weight excluding hydrogens is 264 g/mol. The molecule has 6 heteroatoms. The molecule has 1 aliphatic heterocycles. The molecule has 0 saturated carbocycles. The summed E-state index contributed by atoms with van der Waals surface area (Å²) in [5, 5.41) is 2.76. The molecule has 0 aliphatic carbocycles. The van der Waals surface area contributed by atoms with E-state index < -0.39 is 10.0 Å². The van der Waals surface area contributed by atoms with Gasteiger partial charge in [0.15, 0.2) is 0 Å². The van der Waals surface area contributed by atoms with E-state index >= 15 is 0 Å². The quantitative estimate of drug-likeness (QED) is 0.881. The standard InChI is InChI=1S/C13H18N2O3S/c1-11-5-2-3-6-12(11)9-14-13(16)10-15-7-4-8-19(15,17)18/h2-3,5-6H,4,7-10H2,1H3,(H,14,16). The number of aryl methyl sites for hydroxylation is 1. The van der Waals surface area contributed by atoms with E-state index in [9.17, 15) is 13.2 Å². The molecule has 0 unspecified atom stereocenters. The van der Waals surface area contributed by atoms with Crippen molar-refractivity contribution < 1.29 is 13.2 Å². The summed E-state index contributed by atoms with van der Waals surface area (Å²) in [7, 11) is -3.20. The molecule has 19 heavy (non-hydrogen) atoms. The zero-order chi connectivity index (χ0) is 13.9. The zero-order valence-electron chi connectivity index (χ0n) is 10.9. The fourth-order valence-electron chi connectivity index (χ4n) is 2.09. The van der Waals surface area contributed by atoms with Crippen LogP contribution in [0.15, 0.2) is 24.3 Å². The maximum atomic E-state index is 11.8. The van der Waals surface area contributed by atoms with E-state index in [1.165, 1.54) is 4.31 Å². The predicted octanol–water partition coefficient (Wildman–Crippen LogP) is 0.647. The second kappa shape index (κ2) is 5.71. The van der Waals surface area contributed by atoms with Gasteiger partial charge in [-0.25, -0.2) is 8.42 Å². The average molecular weight is 282 g/mol. The van der Waals surface area contributed by atoms with Gasteiger partial charge in [0.25, 0.3) is 0 Å². The minimum atomic E-state index is -3.20. The van der Waals surface area contributed by atoms with Crippen molar-refractivity contribution in [2.45, 2.75) is 19.9 Å². The number of sulfonamides is 1. The fraction of sp³-hybridized carbons (Fsp3) is 0.462. The number of rotatable bonds is 4. The largest absolute Gasteiger partial charge is 0.351 e. The topological polar surface area (TPSA) is 66.5 Å². The van der Waals surface area contributed by atoms with Crippen molar-refractivity contribution in [2.75, 3.05) is 18.8 Å². The third kappa shape index (κ3) is 3.54. The van der Waals surface area contributed by atoms with Crippen LogP contribution >= 0.6 is 0 Å². The van der Waals surface area contributed by atoms with Gasteiger partial charge >= 0.3 is 0 Å². The van der Waals surface area contributed by atoms with Gasteiger partial charge in [0.2, 0.25) is 15.9 Å². The number of amides is 1. The molecule has 1 aromatic carbocycles. The van der Waals surface area contributed by atoms with Gasteiger partial charge in [-0.15, -0.1) is 0 Å². The minimum Gasteiger partial charge on any atom is -0.351 e. The highest BCUT2D eigenvalue weighted by Gasteiger charge is 2.29. The van der Waals surface area contributed by atoms with Crippen molar-refractivity contribution in [3.8, 4) is 0 Å². The number of benzene rings is 1. The lowest BCUT2D eigenvalue weighted by atomic mass is 10.1. The summed E-state index contributed by atoms with van der Waals surface area (Å²) in [6.45, 7) is 2.78. The predicted molar refractivity (Wildman–Crippen MR) is 73.0 cm³/mol. The average Bonchev–Trinajstić information content (AvgIpc) is 2.68. The number of nitrogens with one attached hydrogen (secondary N) is 1. The monoisotopic (exact) mass is 282 g/mol. The van der Waals surface area contributed by atoms with Gasteiger partial charge < -0.3 is 5.32 Å². The Kier molecular flexibility index (Phi) is 4.21. The zero-order valence-corrected chi connectivity index (χ0v) is 11.7. The second-order valence-electron chi connectivity index (χ2n) is 4.71. The smallest absolute Gasteiger partial charge is 0.235 e. The molecule has 1 aromatic rings. The highest BCUT2D eigenvalue weighted by molar-refractivity contribution is 7.89. The van der Waals surface area contributed by atoms with Crippen molar-refractivity contribution >= 4 is 15.9 Å². The van der Waals surface area contributed by atoms with Crippen LogP contribution in [0, 0.1) is 6.92 Å². The third-order valence-corrected chi connectivity index (χ3v) is 5.16. The molecule has 1 heterocycles. The molecule has 0 atom stereocenters. The molecule has 104 valence electrons. The molecular formula is C13H18N2O3S. The number of nitrogens with zero attached hydrogens (tertiary/aromatic N) is 1. The molecule has 0 aromatic heterocycles. The van der Waals surface area contributed by atoms with Crippen molar-refractivity contribution in [1.82, 2.24) is 9.62 Å². The van der Waals surface area contributed by atoms with Gasteiger partial charge in [0.05, 0.1) is 12.3 Å². The van der Waals surface area contributed by atoms with E-state index in [1.807, 2.05) is 31.2 Å². The van der Waals surface area contributed by atoms with Gasteiger partial charge in [0.1, 0.15) is 0 Å². The summed E-state index contributed by atoms with van der Waals surface area (Å²) >= 11 is 0. The molecule has 1 N–H and O–H groups in total. The number of carbonyl (C=O) groups is 1. The third-order valence-electron chi connectivity index (χ3n) is 3.26. The van der Waals surface area contributed by atoms with Crippen LogP contribution in [-0.4, -0.2) is 37.5 Å². The minimum absolute atomic E-state index is 0.0752. The summed E-state index contributed by atoms with van der Waals surface area (Å²) in [4.78, 5) is 11.8. The van der Waals surface area contributed by atoms with E-state index in [2.05, 4.69) is 5.32 Å². The number of carbonyl (C=O) groups excluding carboxylic acids is 1. The number of hydrogen-bond acceptors (Lipinski definition) is 3. The first-order valence-corrected chi connectivity index (χ1v) is 7.89. The van der Waals surface area contributed by atoms with Crippen LogP contribution in [0.4, 0.5) is 0 Å². The van der Waals surface area contributed by atoms with Crippen LogP contribution in [0.3, 0.4) is 0 Å². The van der Waals surface area contributed by atoms with Crippen LogP contribution in [0.2, 0.25) is 0 Å².